The van der Waals surface area contributed by atoms with Gasteiger partial charge in [-0.1, -0.05) is 76.6 Å². The summed E-state index contributed by atoms with van der Waals surface area (Å²) in [5, 5.41) is 0. The van der Waals surface area contributed by atoms with E-state index in [9.17, 15) is 4.79 Å². The number of rotatable bonds is 5. The van der Waals surface area contributed by atoms with E-state index >= 15 is 0 Å². The molecule has 0 N–H and O–H groups in total. The molecule has 0 aromatic heterocycles. The summed E-state index contributed by atoms with van der Waals surface area (Å²) in [6.45, 7) is 1.62. The Morgan fingerprint density at radius 1 is 0.909 bits per heavy atom. The predicted molar refractivity (Wildman–Crippen MR) is 98.6 cm³/mol. The first-order valence-electron chi connectivity index (χ1n) is 7.24. The summed E-state index contributed by atoms with van der Waals surface area (Å²) in [7, 11) is 0. The Labute approximate surface area is 150 Å². The Bertz CT molecular complexity index is 561. The zero-order valence-electron chi connectivity index (χ0n) is 12.2. The molecule has 1 aliphatic carbocycles. The minimum Gasteiger partial charge on any atom is -0.297 e. The molecule has 3 rings (SSSR count). The van der Waals surface area contributed by atoms with Crippen LogP contribution in [0, 0.1) is 0 Å². The van der Waals surface area contributed by atoms with Crippen LogP contribution in [0.3, 0.4) is 0 Å². The summed E-state index contributed by atoms with van der Waals surface area (Å²) in [5.74, 6) is 0.307. The molecule has 4 heteroatoms. The van der Waals surface area contributed by atoms with Crippen molar-refractivity contribution in [3.63, 3.8) is 0 Å². The fourth-order valence-corrected chi connectivity index (χ4v) is 3.38. The lowest BCUT2D eigenvalue weighted by atomic mass is 9.88. The SMILES string of the molecule is Br.O=C1C(Br)CC1N(Cc1ccccc1)Cc1ccccc1. The van der Waals surface area contributed by atoms with Crippen LogP contribution in [-0.2, 0) is 17.9 Å². The maximum Gasteiger partial charge on any atom is 0.163 e. The molecule has 0 aliphatic heterocycles. The van der Waals surface area contributed by atoms with Gasteiger partial charge in [0.05, 0.1) is 10.9 Å². The van der Waals surface area contributed by atoms with E-state index in [1.54, 1.807) is 0 Å². The number of Topliss-reactive ketones (excluding diaryl/α,β-unsaturated/α-hetero) is 1. The molecule has 0 amide bonds. The van der Waals surface area contributed by atoms with Crippen molar-refractivity contribution in [3.8, 4) is 0 Å². The number of nitrogens with zero attached hydrogens (tertiary/aromatic N) is 1. The lowest BCUT2D eigenvalue weighted by Crippen LogP contribution is -2.53. The second-order valence-corrected chi connectivity index (χ2v) is 6.60. The average molecular weight is 425 g/mol. The van der Waals surface area contributed by atoms with Gasteiger partial charge in [0.2, 0.25) is 0 Å². The van der Waals surface area contributed by atoms with Crippen LogP contribution in [0.25, 0.3) is 0 Å². The van der Waals surface area contributed by atoms with Crippen molar-refractivity contribution in [3.05, 3.63) is 71.8 Å². The fourth-order valence-electron chi connectivity index (χ4n) is 2.72. The Balaban J connectivity index is 0.00000176. The van der Waals surface area contributed by atoms with E-state index in [0.717, 1.165) is 19.5 Å². The van der Waals surface area contributed by atoms with Crippen LogP contribution in [0.5, 0.6) is 0 Å². The minimum absolute atomic E-state index is 0. The van der Waals surface area contributed by atoms with Crippen molar-refractivity contribution >= 4 is 38.7 Å². The van der Waals surface area contributed by atoms with E-state index in [1.165, 1.54) is 11.1 Å². The maximum atomic E-state index is 12.1. The van der Waals surface area contributed by atoms with Gasteiger partial charge >= 0.3 is 0 Å². The highest BCUT2D eigenvalue weighted by Crippen LogP contribution is 2.30. The number of halogens is 2. The summed E-state index contributed by atoms with van der Waals surface area (Å²) in [6.07, 6.45) is 0.901. The van der Waals surface area contributed by atoms with Crippen molar-refractivity contribution in [1.82, 2.24) is 4.90 Å². The Kier molecular flexibility index (Phi) is 6.36. The highest BCUT2D eigenvalue weighted by Gasteiger charge is 2.41. The van der Waals surface area contributed by atoms with E-state index in [-0.39, 0.29) is 27.9 Å². The predicted octanol–water partition coefficient (Wildman–Crippen LogP) is 4.37. The van der Waals surface area contributed by atoms with Crippen molar-refractivity contribution in [2.75, 3.05) is 0 Å². The maximum absolute atomic E-state index is 12.1. The molecule has 0 radical (unpaired) electrons. The Morgan fingerprint density at radius 3 is 1.73 bits per heavy atom. The Morgan fingerprint density at radius 2 is 1.36 bits per heavy atom. The van der Waals surface area contributed by atoms with Crippen molar-refractivity contribution in [2.45, 2.75) is 30.4 Å². The normalized spacial score (nSPS) is 20.4. The first-order chi connectivity index (χ1) is 10.2. The third-order valence-corrected chi connectivity index (χ3v) is 4.79. The average Bonchev–Trinajstić information content (AvgIpc) is 2.53. The van der Waals surface area contributed by atoms with Crippen molar-refractivity contribution in [2.24, 2.45) is 0 Å². The summed E-state index contributed by atoms with van der Waals surface area (Å²) in [4.78, 5) is 14.4. The molecule has 116 valence electrons. The zero-order valence-corrected chi connectivity index (χ0v) is 15.5. The quantitative estimate of drug-likeness (QED) is 0.664. The van der Waals surface area contributed by atoms with Gasteiger partial charge in [-0.05, 0) is 17.5 Å². The number of carbonyl (C=O) groups excluding carboxylic acids is 1. The molecular weight excluding hydrogens is 406 g/mol. The summed E-state index contributed by atoms with van der Waals surface area (Å²) < 4.78 is 0. The zero-order chi connectivity index (χ0) is 14.7. The molecule has 0 saturated heterocycles. The molecule has 0 bridgehead atoms. The molecule has 1 fully saturated rings. The molecule has 2 atom stereocenters. The standard InChI is InChI=1S/C18H18BrNO.BrH/c19-16-11-17(18(16)21)20(12-14-7-3-1-4-8-14)13-15-9-5-2-6-10-15;/h1-10,16-17H,11-13H2;1H. The molecule has 22 heavy (non-hydrogen) atoms. The first-order valence-corrected chi connectivity index (χ1v) is 8.15. The van der Waals surface area contributed by atoms with Gasteiger partial charge in [-0.3, -0.25) is 9.69 Å². The van der Waals surface area contributed by atoms with Gasteiger partial charge in [0.25, 0.3) is 0 Å². The first kappa shape index (κ1) is 17.4. The van der Waals surface area contributed by atoms with Gasteiger partial charge in [-0.15, -0.1) is 17.0 Å². The topological polar surface area (TPSA) is 20.3 Å². The molecule has 2 unspecified atom stereocenters. The molecule has 0 spiro atoms. The largest absolute Gasteiger partial charge is 0.297 e. The summed E-state index contributed by atoms with van der Waals surface area (Å²) >= 11 is 3.43. The summed E-state index contributed by atoms with van der Waals surface area (Å²) in [6, 6.07) is 20.7. The van der Waals surface area contributed by atoms with E-state index in [1.807, 2.05) is 36.4 Å². The van der Waals surface area contributed by atoms with Gasteiger partial charge < -0.3 is 0 Å². The molecule has 1 saturated carbocycles. The van der Waals surface area contributed by atoms with E-state index in [2.05, 4.69) is 45.1 Å². The van der Waals surface area contributed by atoms with Crippen molar-refractivity contribution in [1.29, 1.82) is 0 Å². The van der Waals surface area contributed by atoms with Gasteiger partial charge in [-0.2, -0.15) is 0 Å². The lowest BCUT2D eigenvalue weighted by Gasteiger charge is -2.39. The van der Waals surface area contributed by atoms with Crippen LogP contribution in [0.4, 0.5) is 0 Å². The Hall–Kier alpha value is -0.970. The number of carbonyl (C=O) groups is 1. The molecule has 2 aromatic carbocycles. The van der Waals surface area contributed by atoms with Crippen LogP contribution in [0.15, 0.2) is 60.7 Å². The second-order valence-electron chi connectivity index (χ2n) is 5.50. The van der Waals surface area contributed by atoms with E-state index < -0.39 is 0 Å². The monoisotopic (exact) mass is 423 g/mol. The lowest BCUT2D eigenvalue weighted by molar-refractivity contribution is -0.130. The number of hydrogen-bond acceptors (Lipinski definition) is 2. The van der Waals surface area contributed by atoms with Crippen LogP contribution in [0.2, 0.25) is 0 Å². The third-order valence-electron chi connectivity index (χ3n) is 3.97. The van der Waals surface area contributed by atoms with Gasteiger partial charge in [0.1, 0.15) is 0 Å². The third kappa shape index (κ3) is 4.06. The van der Waals surface area contributed by atoms with Crippen LogP contribution < -0.4 is 0 Å². The van der Waals surface area contributed by atoms with Crippen LogP contribution in [0.1, 0.15) is 17.5 Å². The number of hydrogen-bond donors (Lipinski definition) is 0. The molecule has 0 heterocycles. The number of ketones is 1. The van der Waals surface area contributed by atoms with Gasteiger partial charge in [-0.25, -0.2) is 0 Å². The highest BCUT2D eigenvalue weighted by molar-refractivity contribution is 9.10. The van der Waals surface area contributed by atoms with Gasteiger partial charge in [0, 0.05) is 13.1 Å². The minimum atomic E-state index is 0. The molecular formula is C18H19Br2NO. The number of alkyl halides is 1. The van der Waals surface area contributed by atoms with Crippen molar-refractivity contribution < 1.29 is 4.79 Å². The molecule has 2 aromatic rings. The van der Waals surface area contributed by atoms with Gasteiger partial charge in [0.15, 0.2) is 5.78 Å². The molecule has 2 nitrogen and oxygen atoms in total. The smallest absolute Gasteiger partial charge is 0.163 e. The van der Waals surface area contributed by atoms with Crippen LogP contribution in [-0.4, -0.2) is 21.6 Å². The van der Waals surface area contributed by atoms with Crippen LogP contribution >= 0.6 is 32.9 Å². The second kappa shape index (κ2) is 8.04. The van der Waals surface area contributed by atoms with E-state index in [0.29, 0.717) is 5.78 Å². The summed E-state index contributed by atoms with van der Waals surface area (Å²) in [5.41, 5.74) is 2.50. The van der Waals surface area contributed by atoms with E-state index in [4.69, 9.17) is 0 Å². The fraction of sp³-hybridized carbons (Fsp3) is 0.278. The molecule has 1 aliphatic rings. The number of benzene rings is 2. The highest BCUT2D eigenvalue weighted by atomic mass is 79.9.